The van der Waals surface area contributed by atoms with Gasteiger partial charge in [0.05, 0.1) is 6.04 Å². The summed E-state index contributed by atoms with van der Waals surface area (Å²) in [5.41, 5.74) is 7.20. The van der Waals surface area contributed by atoms with E-state index in [-0.39, 0.29) is 6.04 Å². The van der Waals surface area contributed by atoms with Crippen LogP contribution in [0.15, 0.2) is 42.6 Å². The smallest absolute Gasteiger partial charge is 0.0725 e. The van der Waals surface area contributed by atoms with Crippen LogP contribution in [0.3, 0.4) is 0 Å². The van der Waals surface area contributed by atoms with Gasteiger partial charge in [0.25, 0.3) is 0 Å². The Hall–Kier alpha value is -1.91. The van der Waals surface area contributed by atoms with Crippen LogP contribution < -0.4 is 16.2 Å². The zero-order valence-corrected chi connectivity index (χ0v) is 11.6. The Morgan fingerprint density at radius 1 is 1.05 bits per heavy atom. The standard InChI is InChI=1S/C15H20N4/c1-11-4-5-13(10-17-11)15(18-16)12-6-8-14(9-7-12)19(2)3/h4-10,15,18H,16H2,1-3H3. The van der Waals surface area contributed by atoms with Crippen molar-refractivity contribution in [3.63, 3.8) is 0 Å². The number of benzene rings is 1. The Morgan fingerprint density at radius 2 is 1.68 bits per heavy atom. The molecule has 0 saturated carbocycles. The van der Waals surface area contributed by atoms with Crippen molar-refractivity contribution in [2.45, 2.75) is 13.0 Å². The van der Waals surface area contributed by atoms with Gasteiger partial charge in [0, 0.05) is 31.7 Å². The van der Waals surface area contributed by atoms with Gasteiger partial charge >= 0.3 is 0 Å². The lowest BCUT2D eigenvalue weighted by molar-refractivity contribution is 0.634. The molecule has 19 heavy (non-hydrogen) atoms. The Labute approximate surface area is 114 Å². The summed E-state index contributed by atoms with van der Waals surface area (Å²) in [6.07, 6.45) is 1.86. The molecule has 0 radical (unpaired) electrons. The maximum atomic E-state index is 5.68. The number of pyridine rings is 1. The maximum Gasteiger partial charge on any atom is 0.0725 e. The lowest BCUT2D eigenvalue weighted by Crippen LogP contribution is -2.29. The molecular formula is C15H20N4. The fourth-order valence-electron chi connectivity index (χ4n) is 2.00. The van der Waals surface area contributed by atoms with Crippen molar-refractivity contribution in [1.29, 1.82) is 0 Å². The van der Waals surface area contributed by atoms with E-state index in [2.05, 4.69) is 39.6 Å². The third-order valence-electron chi connectivity index (χ3n) is 3.18. The van der Waals surface area contributed by atoms with E-state index in [0.29, 0.717) is 0 Å². The van der Waals surface area contributed by atoms with Crippen molar-refractivity contribution in [1.82, 2.24) is 10.4 Å². The number of nitrogens with zero attached hydrogens (tertiary/aromatic N) is 2. The van der Waals surface area contributed by atoms with Gasteiger partial charge in [0.1, 0.15) is 0 Å². The number of nitrogens with two attached hydrogens (primary N) is 1. The van der Waals surface area contributed by atoms with Gasteiger partial charge in [-0.15, -0.1) is 0 Å². The van der Waals surface area contributed by atoms with Gasteiger partial charge in [-0.05, 0) is 36.2 Å². The van der Waals surface area contributed by atoms with E-state index in [1.165, 1.54) is 5.69 Å². The highest BCUT2D eigenvalue weighted by molar-refractivity contribution is 5.47. The molecule has 0 amide bonds. The van der Waals surface area contributed by atoms with E-state index in [1.807, 2.05) is 39.3 Å². The molecule has 4 nitrogen and oxygen atoms in total. The van der Waals surface area contributed by atoms with Crippen molar-refractivity contribution in [3.8, 4) is 0 Å². The zero-order chi connectivity index (χ0) is 13.8. The van der Waals surface area contributed by atoms with Crippen LogP contribution in [0.25, 0.3) is 0 Å². The van der Waals surface area contributed by atoms with Crippen molar-refractivity contribution in [3.05, 3.63) is 59.4 Å². The molecule has 0 saturated heterocycles. The second-order valence-corrected chi connectivity index (χ2v) is 4.82. The molecule has 0 aliphatic heterocycles. The monoisotopic (exact) mass is 256 g/mol. The van der Waals surface area contributed by atoms with E-state index >= 15 is 0 Å². The number of aryl methyl sites for hydroxylation is 1. The lowest BCUT2D eigenvalue weighted by atomic mass is 10.0. The SMILES string of the molecule is Cc1ccc(C(NN)c2ccc(N(C)C)cc2)cn1. The molecule has 0 bridgehead atoms. The quantitative estimate of drug-likeness (QED) is 0.649. The fraction of sp³-hybridized carbons (Fsp3) is 0.267. The summed E-state index contributed by atoms with van der Waals surface area (Å²) in [6.45, 7) is 1.97. The molecule has 4 heteroatoms. The second kappa shape index (κ2) is 5.82. The van der Waals surface area contributed by atoms with Crippen LogP contribution >= 0.6 is 0 Å². The van der Waals surface area contributed by atoms with E-state index in [1.54, 1.807) is 0 Å². The van der Waals surface area contributed by atoms with Crippen LogP contribution in [-0.2, 0) is 0 Å². The molecule has 1 aromatic heterocycles. The van der Waals surface area contributed by atoms with Crippen molar-refractivity contribution < 1.29 is 0 Å². The van der Waals surface area contributed by atoms with Crippen LogP contribution in [0.4, 0.5) is 5.69 Å². The van der Waals surface area contributed by atoms with Crippen LogP contribution in [0, 0.1) is 6.92 Å². The number of aromatic nitrogens is 1. The van der Waals surface area contributed by atoms with Gasteiger partial charge in [0.15, 0.2) is 0 Å². The molecule has 1 aromatic carbocycles. The summed E-state index contributed by atoms with van der Waals surface area (Å²) < 4.78 is 0. The van der Waals surface area contributed by atoms with Crippen LogP contribution in [-0.4, -0.2) is 19.1 Å². The molecule has 2 rings (SSSR count). The van der Waals surface area contributed by atoms with Gasteiger partial charge in [-0.1, -0.05) is 18.2 Å². The lowest BCUT2D eigenvalue weighted by Gasteiger charge is -2.18. The number of anilines is 1. The summed E-state index contributed by atoms with van der Waals surface area (Å²) in [6, 6.07) is 12.3. The van der Waals surface area contributed by atoms with Gasteiger partial charge in [-0.25, -0.2) is 5.43 Å². The third-order valence-corrected chi connectivity index (χ3v) is 3.18. The first-order valence-electron chi connectivity index (χ1n) is 6.28. The highest BCUT2D eigenvalue weighted by atomic mass is 15.2. The largest absolute Gasteiger partial charge is 0.378 e. The molecular weight excluding hydrogens is 236 g/mol. The minimum absolute atomic E-state index is 0.0377. The van der Waals surface area contributed by atoms with Crippen LogP contribution in [0.1, 0.15) is 22.9 Å². The molecule has 1 atom stereocenters. The van der Waals surface area contributed by atoms with Gasteiger partial charge in [0.2, 0.25) is 0 Å². The fourth-order valence-corrected chi connectivity index (χ4v) is 2.00. The average molecular weight is 256 g/mol. The number of hydrazine groups is 1. The molecule has 1 unspecified atom stereocenters. The third kappa shape index (κ3) is 3.10. The molecule has 0 aliphatic carbocycles. The van der Waals surface area contributed by atoms with E-state index < -0.39 is 0 Å². The van der Waals surface area contributed by atoms with Crippen molar-refractivity contribution in [2.24, 2.45) is 5.84 Å². The minimum atomic E-state index is -0.0377. The molecule has 0 aliphatic rings. The molecule has 0 spiro atoms. The summed E-state index contributed by atoms with van der Waals surface area (Å²) in [4.78, 5) is 6.39. The highest BCUT2D eigenvalue weighted by Crippen LogP contribution is 2.23. The molecule has 1 heterocycles. The normalized spacial score (nSPS) is 12.2. The van der Waals surface area contributed by atoms with Gasteiger partial charge in [-0.3, -0.25) is 10.8 Å². The Bertz CT molecular complexity index is 517. The first-order valence-corrected chi connectivity index (χ1v) is 6.28. The predicted molar refractivity (Wildman–Crippen MR) is 78.9 cm³/mol. The number of hydrogen-bond donors (Lipinski definition) is 2. The molecule has 100 valence electrons. The molecule has 0 fully saturated rings. The summed E-state index contributed by atoms with van der Waals surface area (Å²) >= 11 is 0. The van der Waals surface area contributed by atoms with Gasteiger partial charge < -0.3 is 4.90 Å². The number of hydrogen-bond acceptors (Lipinski definition) is 4. The summed E-state index contributed by atoms with van der Waals surface area (Å²) in [5, 5.41) is 0. The van der Waals surface area contributed by atoms with Crippen LogP contribution in [0.2, 0.25) is 0 Å². The van der Waals surface area contributed by atoms with Gasteiger partial charge in [-0.2, -0.15) is 0 Å². The summed E-state index contributed by atoms with van der Waals surface area (Å²) in [5.74, 6) is 5.68. The van der Waals surface area contributed by atoms with E-state index in [9.17, 15) is 0 Å². The topological polar surface area (TPSA) is 54.2 Å². The zero-order valence-electron chi connectivity index (χ0n) is 11.6. The molecule has 2 aromatic rings. The van der Waals surface area contributed by atoms with E-state index in [4.69, 9.17) is 5.84 Å². The predicted octanol–water partition coefficient (Wildman–Crippen LogP) is 2.01. The summed E-state index contributed by atoms with van der Waals surface area (Å²) in [7, 11) is 4.05. The Morgan fingerprint density at radius 3 is 2.16 bits per heavy atom. The average Bonchev–Trinajstić information content (AvgIpc) is 2.42. The van der Waals surface area contributed by atoms with E-state index in [0.717, 1.165) is 16.8 Å². The number of rotatable bonds is 4. The Balaban J connectivity index is 2.28. The van der Waals surface area contributed by atoms with Crippen molar-refractivity contribution >= 4 is 5.69 Å². The second-order valence-electron chi connectivity index (χ2n) is 4.82. The van der Waals surface area contributed by atoms with Crippen LogP contribution in [0.5, 0.6) is 0 Å². The Kier molecular flexibility index (Phi) is 4.14. The van der Waals surface area contributed by atoms with Crippen molar-refractivity contribution in [2.75, 3.05) is 19.0 Å². The first kappa shape index (κ1) is 13.5. The first-order chi connectivity index (χ1) is 9.11. The minimum Gasteiger partial charge on any atom is -0.378 e. The number of nitrogens with one attached hydrogen (secondary N) is 1. The molecule has 3 N–H and O–H groups in total. The maximum absolute atomic E-state index is 5.68. The highest BCUT2D eigenvalue weighted by Gasteiger charge is 2.12.